The summed E-state index contributed by atoms with van der Waals surface area (Å²) < 4.78 is 1.22. The summed E-state index contributed by atoms with van der Waals surface area (Å²) in [6.07, 6.45) is 0. The average molecular weight is 227 g/mol. The highest BCUT2D eigenvalue weighted by molar-refractivity contribution is 9.10. The molecule has 0 nitrogen and oxygen atoms in total. The predicted molar refractivity (Wildman–Crippen MR) is 57.6 cm³/mol. The van der Waals surface area contributed by atoms with Crippen molar-refractivity contribution in [1.82, 2.24) is 0 Å². The van der Waals surface area contributed by atoms with Crippen LogP contribution < -0.4 is 0 Å². The first kappa shape index (κ1) is 9.79. The zero-order valence-corrected chi connectivity index (χ0v) is 9.70. The average Bonchev–Trinajstić information content (AvgIpc) is 1.83. The van der Waals surface area contributed by atoms with Crippen molar-refractivity contribution in [3.8, 4) is 0 Å². The van der Waals surface area contributed by atoms with E-state index in [0.29, 0.717) is 0 Å². The summed E-state index contributed by atoms with van der Waals surface area (Å²) in [7, 11) is 0. The molecule has 1 aromatic rings. The Bertz CT molecular complexity index is 282. The summed E-state index contributed by atoms with van der Waals surface area (Å²) in [6, 6.07) is 6.52. The third-order valence-corrected chi connectivity index (χ3v) is 2.59. The van der Waals surface area contributed by atoms with Gasteiger partial charge in [0, 0.05) is 4.47 Å². The van der Waals surface area contributed by atoms with Crippen molar-refractivity contribution in [2.45, 2.75) is 33.1 Å². The molecule has 0 aromatic heterocycles. The Labute approximate surface area is 83.1 Å². The van der Waals surface area contributed by atoms with Gasteiger partial charge in [-0.1, -0.05) is 48.8 Å². The van der Waals surface area contributed by atoms with Gasteiger partial charge < -0.3 is 0 Å². The highest BCUT2D eigenvalue weighted by atomic mass is 79.9. The van der Waals surface area contributed by atoms with E-state index in [-0.39, 0.29) is 5.41 Å². The third kappa shape index (κ3) is 2.10. The molecule has 0 aliphatic rings. The minimum atomic E-state index is 0.229. The van der Waals surface area contributed by atoms with Gasteiger partial charge in [-0.25, -0.2) is 0 Å². The van der Waals surface area contributed by atoms with E-state index in [2.05, 4.69) is 61.8 Å². The Morgan fingerprint density at radius 2 is 1.75 bits per heavy atom. The maximum Gasteiger partial charge on any atom is 0.0215 e. The van der Waals surface area contributed by atoms with Crippen molar-refractivity contribution in [2.24, 2.45) is 0 Å². The molecule has 0 aliphatic carbocycles. The lowest BCUT2D eigenvalue weighted by Crippen LogP contribution is -2.11. The summed E-state index contributed by atoms with van der Waals surface area (Å²) in [6.45, 7) is 8.78. The summed E-state index contributed by atoms with van der Waals surface area (Å²) >= 11 is 3.58. The molecular formula is C11H15Br. The largest absolute Gasteiger partial charge is 0.0590 e. The normalized spacial score (nSPS) is 11.8. The number of aryl methyl sites for hydroxylation is 1. The molecule has 0 radical (unpaired) electrons. The molecule has 0 unspecified atom stereocenters. The Morgan fingerprint density at radius 3 is 2.17 bits per heavy atom. The first-order chi connectivity index (χ1) is 5.41. The SMILES string of the molecule is Cc1ccc(C(C)(C)C)c(Br)c1. The topological polar surface area (TPSA) is 0 Å². The summed E-state index contributed by atoms with van der Waals surface area (Å²) in [4.78, 5) is 0. The molecule has 0 amide bonds. The number of rotatable bonds is 0. The van der Waals surface area contributed by atoms with Crippen LogP contribution in [-0.4, -0.2) is 0 Å². The third-order valence-electron chi connectivity index (χ3n) is 1.93. The minimum absolute atomic E-state index is 0.229. The van der Waals surface area contributed by atoms with E-state index in [0.717, 1.165) is 0 Å². The van der Waals surface area contributed by atoms with Crippen LogP contribution in [0.1, 0.15) is 31.9 Å². The Balaban J connectivity index is 3.19. The lowest BCUT2D eigenvalue weighted by Gasteiger charge is -2.20. The van der Waals surface area contributed by atoms with Crippen LogP contribution in [0, 0.1) is 6.92 Å². The van der Waals surface area contributed by atoms with E-state index in [1.165, 1.54) is 15.6 Å². The molecule has 0 bridgehead atoms. The molecule has 0 N–H and O–H groups in total. The molecule has 0 fully saturated rings. The van der Waals surface area contributed by atoms with Gasteiger partial charge in [0.1, 0.15) is 0 Å². The minimum Gasteiger partial charge on any atom is -0.0590 e. The molecular weight excluding hydrogens is 212 g/mol. The fraction of sp³-hybridized carbons (Fsp3) is 0.455. The van der Waals surface area contributed by atoms with E-state index in [1.807, 2.05) is 0 Å². The zero-order valence-electron chi connectivity index (χ0n) is 8.11. The van der Waals surface area contributed by atoms with Crippen molar-refractivity contribution in [3.63, 3.8) is 0 Å². The van der Waals surface area contributed by atoms with Crippen molar-refractivity contribution in [1.29, 1.82) is 0 Å². The van der Waals surface area contributed by atoms with Crippen molar-refractivity contribution in [3.05, 3.63) is 33.8 Å². The number of hydrogen-bond donors (Lipinski definition) is 0. The quantitative estimate of drug-likeness (QED) is 0.627. The van der Waals surface area contributed by atoms with E-state index in [9.17, 15) is 0 Å². The van der Waals surface area contributed by atoms with Crippen molar-refractivity contribution < 1.29 is 0 Å². The summed E-state index contributed by atoms with van der Waals surface area (Å²) in [5, 5.41) is 0. The Kier molecular flexibility index (Phi) is 2.62. The fourth-order valence-electron chi connectivity index (χ4n) is 1.23. The smallest absolute Gasteiger partial charge is 0.0215 e. The molecule has 12 heavy (non-hydrogen) atoms. The molecule has 0 aliphatic heterocycles. The monoisotopic (exact) mass is 226 g/mol. The first-order valence-corrected chi connectivity index (χ1v) is 4.97. The van der Waals surface area contributed by atoms with Crippen LogP contribution >= 0.6 is 15.9 Å². The van der Waals surface area contributed by atoms with Crippen LogP contribution in [-0.2, 0) is 5.41 Å². The summed E-state index contributed by atoms with van der Waals surface area (Å²) in [5.41, 5.74) is 2.90. The molecule has 0 atom stereocenters. The van der Waals surface area contributed by atoms with Crippen molar-refractivity contribution in [2.75, 3.05) is 0 Å². The van der Waals surface area contributed by atoms with Gasteiger partial charge in [-0.3, -0.25) is 0 Å². The maximum atomic E-state index is 3.58. The second-order valence-electron chi connectivity index (χ2n) is 4.23. The number of hydrogen-bond acceptors (Lipinski definition) is 0. The van der Waals surface area contributed by atoms with Gasteiger partial charge in [-0.2, -0.15) is 0 Å². The zero-order chi connectivity index (χ0) is 9.35. The van der Waals surface area contributed by atoms with E-state index >= 15 is 0 Å². The Hall–Kier alpha value is -0.300. The van der Waals surface area contributed by atoms with Crippen LogP contribution in [0.3, 0.4) is 0 Å². The Morgan fingerprint density at radius 1 is 1.17 bits per heavy atom. The second-order valence-corrected chi connectivity index (χ2v) is 5.09. The van der Waals surface area contributed by atoms with Crippen LogP contribution in [0.5, 0.6) is 0 Å². The first-order valence-electron chi connectivity index (χ1n) is 4.18. The molecule has 0 heterocycles. The van der Waals surface area contributed by atoms with Gasteiger partial charge in [0.15, 0.2) is 0 Å². The lowest BCUT2D eigenvalue weighted by molar-refractivity contribution is 0.587. The fourth-order valence-corrected chi connectivity index (χ4v) is 2.32. The van der Waals surface area contributed by atoms with Gasteiger partial charge in [-0.15, -0.1) is 0 Å². The molecule has 66 valence electrons. The number of halogens is 1. The van der Waals surface area contributed by atoms with Gasteiger partial charge >= 0.3 is 0 Å². The molecule has 0 spiro atoms. The molecule has 1 heteroatoms. The van der Waals surface area contributed by atoms with E-state index < -0.39 is 0 Å². The van der Waals surface area contributed by atoms with Gasteiger partial charge in [0.25, 0.3) is 0 Å². The van der Waals surface area contributed by atoms with Crippen LogP contribution in [0.2, 0.25) is 0 Å². The molecule has 1 aromatic carbocycles. The molecule has 0 saturated heterocycles. The standard InChI is InChI=1S/C11H15Br/c1-8-5-6-9(10(12)7-8)11(2,3)4/h5-7H,1-4H3. The van der Waals surface area contributed by atoms with Gasteiger partial charge in [0.2, 0.25) is 0 Å². The van der Waals surface area contributed by atoms with E-state index in [1.54, 1.807) is 0 Å². The maximum absolute atomic E-state index is 3.58. The molecule has 0 saturated carbocycles. The predicted octanol–water partition coefficient (Wildman–Crippen LogP) is 4.06. The lowest BCUT2D eigenvalue weighted by atomic mass is 9.87. The van der Waals surface area contributed by atoms with Crippen molar-refractivity contribution >= 4 is 15.9 Å². The highest BCUT2D eigenvalue weighted by Gasteiger charge is 2.16. The van der Waals surface area contributed by atoms with Crippen LogP contribution in [0.15, 0.2) is 22.7 Å². The molecule has 1 rings (SSSR count). The summed E-state index contributed by atoms with van der Waals surface area (Å²) in [5.74, 6) is 0. The highest BCUT2D eigenvalue weighted by Crippen LogP contribution is 2.29. The van der Waals surface area contributed by atoms with E-state index in [4.69, 9.17) is 0 Å². The van der Waals surface area contributed by atoms with Gasteiger partial charge in [0.05, 0.1) is 0 Å². The number of benzene rings is 1. The van der Waals surface area contributed by atoms with Gasteiger partial charge in [-0.05, 0) is 29.5 Å². The second kappa shape index (κ2) is 3.21. The van der Waals surface area contributed by atoms with Crippen LogP contribution in [0.25, 0.3) is 0 Å². The van der Waals surface area contributed by atoms with Crippen LogP contribution in [0.4, 0.5) is 0 Å².